The molecule has 2 atom stereocenters. The fraction of sp³-hybridized carbons (Fsp3) is 0.786. The molecule has 2 aliphatic rings. The second-order valence-electron chi connectivity index (χ2n) is 9.86. The van der Waals surface area contributed by atoms with Gasteiger partial charge in [-0.3, -0.25) is 0 Å². The van der Waals surface area contributed by atoms with Crippen LogP contribution in [0.15, 0.2) is 24.3 Å². The summed E-state index contributed by atoms with van der Waals surface area (Å²) in [5.74, 6) is 1.75. The van der Waals surface area contributed by atoms with Crippen LogP contribution in [0.1, 0.15) is 127 Å². The monoisotopic (exact) mass is 414 g/mol. The molecule has 0 unspecified atom stereocenters. The number of rotatable bonds is 12. The Morgan fingerprint density at radius 1 is 0.667 bits per heavy atom. The van der Waals surface area contributed by atoms with E-state index in [1.54, 1.807) is 0 Å². The molecule has 0 N–H and O–H groups in total. The molecule has 1 aromatic rings. The maximum Gasteiger partial charge on any atom is 0.106 e. The van der Waals surface area contributed by atoms with E-state index in [0.29, 0.717) is 12.7 Å². The summed E-state index contributed by atoms with van der Waals surface area (Å²) in [6, 6.07) is 9.31. The maximum atomic E-state index is 6.16. The number of unbranched alkanes of at least 4 members (excludes halogenated alkanes) is 6. The Balaban J connectivity index is 1.36. The highest BCUT2D eigenvalue weighted by Crippen LogP contribution is 2.38. The molecule has 0 radical (unpaired) electrons. The molecule has 0 aromatic heterocycles. The van der Waals surface area contributed by atoms with E-state index in [0.717, 1.165) is 24.9 Å². The average molecular weight is 415 g/mol. The molecule has 1 aliphatic heterocycles. The van der Waals surface area contributed by atoms with Gasteiger partial charge in [0.2, 0.25) is 0 Å². The van der Waals surface area contributed by atoms with Gasteiger partial charge in [0, 0.05) is 0 Å². The van der Waals surface area contributed by atoms with Crippen LogP contribution < -0.4 is 0 Å². The molecule has 2 nitrogen and oxygen atoms in total. The van der Waals surface area contributed by atoms with Crippen molar-refractivity contribution in [3.63, 3.8) is 0 Å². The minimum absolute atomic E-state index is 0.116. The topological polar surface area (TPSA) is 18.5 Å². The van der Waals surface area contributed by atoms with E-state index in [1.807, 2.05) is 0 Å². The van der Waals surface area contributed by atoms with Crippen LogP contribution in [0.3, 0.4) is 0 Å². The fourth-order valence-electron chi connectivity index (χ4n) is 5.33. The standard InChI is InChI=1S/C28H46O2/c1-3-5-7-9-11-23-13-15-24(16-14-23)25-17-19-26(20-18-25)28-22-29-27(21-30-28)12-10-8-6-4-2/h17-20,23-24,27-28H,3-16,21-22H2,1-2H3/t23?,24?,27-,28-/m0/s1. The largest absolute Gasteiger partial charge is 0.373 e. The van der Waals surface area contributed by atoms with Crippen molar-refractivity contribution >= 4 is 0 Å². The third-order valence-corrected chi connectivity index (χ3v) is 7.44. The second kappa shape index (κ2) is 13.5. The van der Waals surface area contributed by atoms with E-state index in [9.17, 15) is 0 Å². The van der Waals surface area contributed by atoms with Gasteiger partial charge in [-0.2, -0.15) is 0 Å². The summed E-state index contributed by atoms with van der Waals surface area (Å²) < 4.78 is 12.3. The van der Waals surface area contributed by atoms with Crippen molar-refractivity contribution in [2.45, 2.75) is 122 Å². The lowest BCUT2D eigenvalue weighted by Crippen LogP contribution is -2.31. The van der Waals surface area contributed by atoms with Gasteiger partial charge in [-0.1, -0.05) is 95.9 Å². The summed E-state index contributed by atoms with van der Waals surface area (Å²) in [6.07, 6.45) is 19.5. The zero-order chi connectivity index (χ0) is 21.0. The first-order valence-electron chi connectivity index (χ1n) is 13.1. The van der Waals surface area contributed by atoms with Crippen molar-refractivity contribution in [3.05, 3.63) is 35.4 Å². The van der Waals surface area contributed by atoms with Gasteiger partial charge < -0.3 is 9.47 Å². The average Bonchev–Trinajstić information content (AvgIpc) is 2.81. The van der Waals surface area contributed by atoms with Gasteiger partial charge in [-0.05, 0) is 55.1 Å². The van der Waals surface area contributed by atoms with Gasteiger partial charge in [0.05, 0.1) is 19.3 Å². The molecule has 0 amide bonds. The number of benzene rings is 1. The molecule has 170 valence electrons. The second-order valence-corrected chi connectivity index (χ2v) is 9.86. The van der Waals surface area contributed by atoms with Crippen LogP contribution >= 0.6 is 0 Å². The molecule has 30 heavy (non-hydrogen) atoms. The molecule has 3 rings (SSSR count). The molecule has 2 heteroatoms. The summed E-state index contributed by atoms with van der Waals surface area (Å²) in [5, 5.41) is 0. The van der Waals surface area contributed by atoms with Crippen molar-refractivity contribution in [3.8, 4) is 0 Å². The minimum atomic E-state index is 0.116. The molecule has 0 spiro atoms. The minimum Gasteiger partial charge on any atom is -0.373 e. The lowest BCUT2D eigenvalue weighted by molar-refractivity contribution is -0.137. The van der Waals surface area contributed by atoms with Crippen LogP contribution in [0.5, 0.6) is 0 Å². The predicted octanol–water partition coefficient (Wildman–Crippen LogP) is 8.36. The number of hydrogen-bond acceptors (Lipinski definition) is 2. The Hall–Kier alpha value is -0.860. The molecule has 2 fully saturated rings. The van der Waals surface area contributed by atoms with E-state index in [4.69, 9.17) is 9.47 Å². The first-order valence-corrected chi connectivity index (χ1v) is 13.1. The zero-order valence-electron chi connectivity index (χ0n) is 19.7. The van der Waals surface area contributed by atoms with Crippen LogP contribution in [0, 0.1) is 5.92 Å². The molecule has 0 bridgehead atoms. The molecule has 1 aliphatic carbocycles. The molecule has 1 aromatic carbocycles. The van der Waals surface area contributed by atoms with Crippen molar-refractivity contribution in [2.75, 3.05) is 13.2 Å². The van der Waals surface area contributed by atoms with Crippen LogP contribution in [-0.4, -0.2) is 19.3 Å². The fourth-order valence-corrected chi connectivity index (χ4v) is 5.33. The Kier molecular flexibility index (Phi) is 10.7. The van der Waals surface area contributed by atoms with Crippen molar-refractivity contribution in [1.29, 1.82) is 0 Å². The summed E-state index contributed by atoms with van der Waals surface area (Å²) in [4.78, 5) is 0. The Bertz CT molecular complexity index is 500. The molecule has 1 saturated carbocycles. The van der Waals surface area contributed by atoms with Gasteiger partial charge in [-0.15, -0.1) is 0 Å². The highest BCUT2D eigenvalue weighted by molar-refractivity contribution is 5.27. The molecular weight excluding hydrogens is 368 g/mol. The van der Waals surface area contributed by atoms with Crippen LogP contribution in [0.2, 0.25) is 0 Å². The summed E-state index contributed by atoms with van der Waals surface area (Å²) >= 11 is 0. The summed E-state index contributed by atoms with van der Waals surface area (Å²) in [5.41, 5.74) is 2.82. The van der Waals surface area contributed by atoms with E-state index >= 15 is 0 Å². The van der Waals surface area contributed by atoms with Gasteiger partial charge in [0.25, 0.3) is 0 Å². The summed E-state index contributed by atoms with van der Waals surface area (Å²) in [7, 11) is 0. The van der Waals surface area contributed by atoms with Crippen molar-refractivity contribution in [1.82, 2.24) is 0 Å². The third kappa shape index (κ3) is 7.68. The van der Waals surface area contributed by atoms with Gasteiger partial charge in [0.1, 0.15) is 6.10 Å². The molecule has 1 heterocycles. The van der Waals surface area contributed by atoms with Gasteiger partial charge in [0.15, 0.2) is 0 Å². The first-order chi connectivity index (χ1) is 14.8. The third-order valence-electron chi connectivity index (χ3n) is 7.44. The van der Waals surface area contributed by atoms with Crippen LogP contribution in [-0.2, 0) is 9.47 Å². The first kappa shape index (κ1) is 23.8. The SMILES string of the molecule is CCCCCCC1CCC(c2ccc([C@@H]3CO[C@@H](CCCCCC)CO3)cc2)CC1. The summed E-state index contributed by atoms with van der Waals surface area (Å²) in [6.45, 7) is 6.02. The van der Waals surface area contributed by atoms with E-state index in [1.165, 1.54) is 94.6 Å². The molecular formula is C28H46O2. The normalized spacial score (nSPS) is 27.3. The highest BCUT2D eigenvalue weighted by atomic mass is 16.6. The molecule has 1 saturated heterocycles. The van der Waals surface area contributed by atoms with E-state index < -0.39 is 0 Å². The lowest BCUT2D eigenvalue weighted by atomic mass is 9.77. The van der Waals surface area contributed by atoms with E-state index in [-0.39, 0.29) is 6.10 Å². The van der Waals surface area contributed by atoms with Crippen molar-refractivity contribution < 1.29 is 9.47 Å². The zero-order valence-corrected chi connectivity index (χ0v) is 19.7. The quantitative estimate of drug-likeness (QED) is 0.320. The van der Waals surface area contributed by atoms with E-state index in [2.05, 4.69) is 38.1 Å². The van der Waals surface area contributed by atoms with Crippen LogP contribution in [0.25, 0.3) is 0 Å². The number of ether oxygens (including phenoxy) is 2. The Labute approximate surface area is 186 Å². The van der Waals surface area contributed by atoms with Crippen molar-refractivity contribution in [2.24, 2.45) is 5.92 Å². The predicted molar refractivity (Wildman–Crippen MR) is 127 cm³/mol. The Morgan fingerprint density at radius 3 is 1.90 bits per heavy atom. The van der Waals surface area contributed by atoms with Gasteiger partial charge >= 0.3 is 0 Å². The maximum absolute atomic E-state index is 6.16. The Morgan fingerprint density at radius 2 is 1.30 bits per heavy atom. The number of hydrogen-bond donors (Lipinski definition) is 0. The lowest BCUT2D eigenvalue weighted by Gasteiger charge is -2.31. The van der Waals surface area contributed by atoms with Gasteiger partial charge in [-0.25, -0.2) is 0 Å². The van der Waals surface area contributed by atoms with Crippen LogP contribution in [0.4, 0.5) is 0 Å². The smallest absolute Gasteiger partial charge is 0.106 e. The highest BCUT2D eigenvalue weighted by Gasteiger charge is 2.25.